The first-order chi connectivity index (χ1) is 7.77. The lowest BCUT2D eigenvalue weighted by molar-refractivity contribution is -0.112. The highest BCUT2D eigenvalue weighted by Crippen LogP contribution is 2.13. The zero-order valence-corrected chi connectivity index (χ0v) is 10.1. The van der Waals surface area contributed by atoms with Crippen LogP contribution >= 0.6 is 11.8 Å². The Labute approximate surface area is 99.6 Å². The molecule has 0 aromatic carbocycles. The van der Waals surface area contributed by atoms with Crippen molar-refractivity contribution in [2.45, 2.75) is 25.3 Å². The molecule has 0 aliphatic carbocycles. The van der Waals surface area contributed by atoms with E-state index in [1.807, 2.05) is 0 Å². The summed E-state index contributed by atoms with van der Waals surface area (Å²) in [6, 6.07) is -0.783. The van der Waals surface area contributed by atoms with Crippen LogP contribution in [0.3, 0.4) is 0 Å². The molecular weight excluding hydrogens is 228 g/mol. The molecule has 1 rings (SSSR count). The van der Waals surface area contributed by atoms with E-state index < -0.39 is 6.04 Å². The van der Waals surface area contributed by atoms with Crippen molar-refractivity contribution in [1.82, 2.24) is 4.90 Å². The zero-order chi connectivity index (χ0) is 11.8. The van der Waals surface area contributed by atoms with Gasteiger partial charge in [0.05, 0.1) is 6.61 Å². The van der Waals surface area contributed by atoms with Crippen LogP contribution in [0.5, 0.6) is 0 Å². The number of nitroso groups, excluding NO2 is 1. The van der Waals surface area contributed by atoms with Crippen LogP contribution in [0.15, 0.2) is 5.18 Å². The average molecular weight is 246 g/mol. The number of aliphatic hydroxyl groups excluding tert-OH is 1. The van der Waals surface area contributed by atoms with E-state index in [1.165, 1.54) is 6.42 Å². The van der Waals surface area contributed by atoms with Crippen LogP contribution in [0.1, 0.15) is 19.3 Å². The van der Waals surface area contributed by atoms with E-state index in [2.05, 4.69) is 10.1 Å². The molecule has 6 heteroatoms. The van der Waals surface area contributed by atoms with Gasteiger partial charge in [-0.1, -0.05) is 23.4 Å². The molecular formula is C10H18N2O3S. The standard InChI is InChI=1S/C10H18N2O3S/c13-6-7-16-10(14)9(11-15)8-12-4-2-1-3-5-12/h9,13H,1-8H2. The van der Waals surface area contributed by atoms with E-state index in [0.717, 1.165) is 37.7 Å². The number of carbonyl (C=O) groups excluding carboxylic acids is 1. The van der Waals surface area contributed by atoms with E-state index in [-0.39, 0.29) is 11.7 Å². The van der Waals surface area contributed by atoms with Gasteiger partial charge in [-0.15, -0.1) is 4.91 Å². The Balaban J connectivity index is 2.34. The first-order valence-corrected chi connectivity index (χ1v) is 6.59. The third kappa shape index (κ3) is 4.59. The number of hydrogen-bond donors (Lipinski definition) is 1. The number of nitrogens with zero attached hydrogens (tertiary/aromatic N) is 2. The van der Waals surface area contributed by atoms with Crippen LogP contribution in [-0.4, -0.2) is 53.2 Å². The van der Waals surface area contributed by atoms with E-state index in [0.29, 0.717) is 12.3 Å². The summed E-state index contributed by atoms with van der Waals surface area (Å²) in [4.78, 5) is 24.3. The minimum Gasteiger partial charge on any atom is -0.396 e. The SMILES string of the molecule is O=NC(CN1CCCCC1)C(=O)SCCO. The Morgan fingerprint density at radius 2 is 2.06 bits per heavy atom. The Morgan fingerprint density at radius 1 is 1.38 bits per heavy atom. The lowest BCUT2D eigenvalue weighted by Gasteiger charge is -2.27. The number of thioether (sulfide) groups is 1. The zero-order valence-electron chi connectivity index (χ0n) is 9.30. The maximum Gasteiger partial charge on any atom is 0.218 e. The van der Waals surface area contributed by atoms with Gasteiger partial charge in [-0.3, -0.25) is 4.79 Å². The van der Waals surface area contributed by atoms with E-state index in [1.54, 1.807) is 0 Å². The maximum atomic E-state index is 11.5. The van der Waals surface area contributed by atoms with Crippen LogP contribution < -0.4 is 0 Å². The molecule has 0 bridgehead atoms. The summed E-state index contributed by atoms with van der Waals surface area (Å²) in [6.07, 6.45) is 3.48. The van der Waals surface area contributed by atoms with Crippen molar-refractivity contribution in [3.05, 3.63) is 4.91 Å². The second kappa shape index (κ2) is 7.76. The minimum absolute atomic E-state index is 0.0499. The van der Waals surface area contributed by atoms with Gasteiger partial charge >= 0.3 is 0 Å². The van der Waals surface area contributed by atoms with Gasteiger partial charge in [-0.05, 0) is 25.9 Å². The molecule has 0 spiro atoms. The fourth-order valence-electron chi connectivity index (χ4n) is 1.78. The molecule has 1 saturated heterocycles. The maximum absolute atomic E-state index is 11.5. The Bertz CT molecular complexity index is 232. The van der Waals surface area contributed by atoms with Crippen LogP contribution in [0.25, 0.3) is 0 Å². The van der Waals surface area contributed by atoms with Crippen LogP contribution in [-0.2, 0) is 4.79 Å². The lowest BCUT2D eigenvalue weighted by Crippen LogP contribution is -2.38. The van der Waals surface area contributed by atoms with Crippen molar-refractivity contribution in [3.63, 3.8) is 0 Å². The predicted molar refractivity (Wildman–Crippen MR) is 64.4 cm³/mol. The molecule has 0 aromatic rings. The highest BCUT2D eigenvalue weighted by molar-refractivity contribution is 8.13. The first-order valence-electron chi connectivity index (χ1n) is 5.60. The molecule has 16 heavy (non-hydrogen) atoms. The topological polar surface area (TPSA) is 70.0 Å². The van der Waals surface area contributed by atoms with E-state index >= 15 is 0 Å². The minimum atomic E-state index is -0.783. The number of rotatable bonds is 6. The quantitative estimate of drug-likeness (QED) is 0.704. The predicted octanol–water partition coefficient (Wildman–Crippen LogP) is 0.859. The molecule has 0 aromatic heterocycles. The van der Waals surface area contributed by atoms with Crippen molar-refractivity contribution in [1.29, 1.82) is 0 Å². The fraction of sp³-hybridized carbons (Fsp3) is 0.900. The molecule has 5 nitrogen and oxygen atoms in total. The summed E-state index contributed by atoms with van der Waals surface area (Å²) in [6.45, 7) is 2.28. The number of aliphatic hydroxyl groups is 1. The Morgan fingerprint density at radius 3 is 2.62 bits per heavy atom. The normalized spacial score (nSPS) is 19.3. The summed E-state index contributed by atoms with van der Waals surface area (Å²) < 4.78 is 0. The van der Waals surface area contributed by atoms with Gasteiger partial charge in [0.2, 0.25) is 5.12 Å². The van der Waals surface area contributed by atoms with Crippen molar-refractivity contribution in [2.75, 3.05) is 32.0 Å². The van der Waals surface area contributed by atoms with Gasteiger partial charge in [-0.25, -0.2) is 0 Å². The van der Waals surface area contributed by atoms with Gasteiger partial charge in [0.25, 0.3) is 0 Å². The largest absolute Gasteiger partial charge is 0.396 e. The molecule has 1 fully saturated rings. The van der Waals surface area contributed by atoms with Gasteiger partial charge < -0.3 is 10.0 Å². The van der Waals surface area contributed by atoms with Crippen LogP contribution in [0, 0.1) is 4.91 Å². The van der Waals surface area contributed by atoms with E-state index in [9.17, 15) is 9.70 Å². The summed E-state index contributed by atoms with van der Waals surface area (Å²) >= 11 is 0.988. The summed E-state index contributed by atoms with van der Waals surface area (Å²) in [5, 5.41) is 11.3. The second-order valence-corrected chi connectivity index (χ2v) is 4.97. The molecule has 0 saturated carbocycles. The fourth-order valence-corrected chi connectivity index (χ4v) is 2.38. The molecule has 0 amide bonds. The highest BCUT2D eigenvalue weighted by atomic mass is 32.2. The summed E-state index contributed by atoms with van der Waals surface area (Å²) in [5.41, 5.74) is 0. The summed E-state index contributed by atoms with van der Waals surface area (Å²) in [5.74, 6) is 0.338. The highest BCUT2D eigenvalue weighted by Gasteiger charge is 2.23. The first kappa shape index (κ1) is 13.6. The molecule has 92 valence electrons. The van der Waals surface area contributed by atoms with Crippen molar-refractivity contribution in [2.24, 2.45) is 5.18 Å². The number of likely N-dealkylation sites (tertiary alicyclic amines) is 1. The van der Waals surface area contributed by atoms with Crippen LogP contribution in [0.4, 0.5) is 0 Å². The smallest absolute Gasteiger partial charge is 0.218 e. The summed E-state index contributed by atoms with van der Waals surface area (Å²) in [7, 11) is 0. The lowest BCUT2D eigenvalue weighted by atomic mass is 10.1. The third-order valence-electron chi connectivity index (χ3n) is 2.61. The molecule has 0 radical (unpaired) electrons. The average Bonchev–Trinajstić information content (AvgIpc) is 2.34. The molecule has 1 aliphatic heterocycles. The molecule has 1 aliphatic rings. The third-order valence-corrected chi connectivity index (χ3v) is 3.56. The van der Waals surface area contributed by atoms with Crippen molar-refractivity contribution in [3.8, 4) is 0 Å². The number of piperidine rings is 1. The van der Waals surface area contributed by atoms with E-state index in [4.69, 9.17) is 5.11 Å². The monoisotopic (exact) mass is 246 g/mol. The molecule has 1 heterocycles. The second-order valence-electron chi connectivity index (χ2n) is 3.87. The Kier molecular flexibility index (Phi) is 6.59. The van der Waals surface area contributed by atoms with Gasteiger partial charge in [-0.2, -0.15) is 0 Å². The van der Waals surface area contributed by atoms with Crippen LogP contribution in [0.2, 0.25) is 0 Å². The van der Waals surface area contributed by atoms with Gasteiger partial charge in [0.1, 0.15) is 0 Å². The van der Waals surface area contributed by atoms with Gasteiger partial charge in [0, 0.05) is 12.3 Å². The molecule has 1 unspecified atom stereocenters. The molecule has 1 N–H and O–H groups in total. The van der Waals surface area contributed by atoms with Crippen molar-refractivity contribution < 1.29 is 9.90 Å². The Hall–Kier alpha value is -0.460. The number of hydrogen-bond acceptors (Lipinski definition) is 6. The number of carbonyl (C=O) groups is 1. The van der Waals surface area contributed by atoms with Gasteiger partial charge in [0.15, 0.2) is 6.04 Å². The van der Waals surface area contributed by atoms with Crippen molar-refractivity contribution >= 4 is 16.9 Å². The molecule has 1 atom stereocenters.